The van der Waals surface area contributed by atoms with Gasteiger partial charge in [0.2, 0.25) is 0 Å². The van der Waals surface area contributed by atoms with Crippen molar-refractivity contribution < 1.29 is 5.21 Å². The molecule has 1 atom stereocenters. The molecule has 1 rings (SSSR count). The van der Waals surface area contributed by atoms with Gasteiger partial charge in [-0.05, 0) is 25.0 Å². The van der Waals surface area contributed by atoms with E-state index in [-0.39, 0.29) is 6.04 Å². The zero-order valence-electron chi connectivity index (χ0n) is 9.26. The van der Waals surface area contributed by atoms with E-state index in [2.05, 4.69) is 13.5 Å². The van der Waals surface area contributed by atoms with Gasteiger partial charge in [-0.1, -0.05) is 37.6 Å². The van der Waals surface area contributed by atoms with Crippen molar-refractivity contribution in [2.75, 3.05) is 5.06 Å². The summed E-state index contributed by atoms with van der Waals surface area (Å²) in [6.07, 6.45) is 4.69. The molecule has 0 saturated heterocycles. The zero-order chi connectivity index (χ0) is 11.1. The number of para-hydroxylation sites is 1. The maximum atomic E-state index is 10.0. The fourth-order valence-electron chi connectivity index (χ4n) is 1.66. The molecule has 82 valence electrons. The molecule has 1 N–H and O–H groups in total. The number of hydroxylamine groups is 1. The van der Waals surface area contributed by atoms with Crippen LogP contribution >= 0.6 is 0 Å². The molecule has 0 saturated carbocycles. The quantitative estimate of drug-likeness (QED) is 0.566. The van der Waals surface area contributed by atoms with E-state index in [0.717, 1.165) is 24.9 Å². The Balaban J connectivity index is 2.71. The van der Waals surface area contributed by atoms with Crippen molar-refractivity contribution in [1.29, 1.82) is 0 Å². The normalized spacial score (nSPS) is 12.1. The minimum atomic E-state index is 0.134. The lowest BCUT2D eigenvalue weighted by molar-refractivity contribution is 0.209. The summed E-state index contributed by atoms with van der Waals surface area (Å²) < 4.78 is 0. The Bertz CT molecular complexity index is 284. The molecule has 15 heavy (non-hydrogen) atoms. The van der Waals surface area contributed by atoms with Crippen molar-refractivity contribution in [3.8, 4) is 0 Å². The molecular weight excluding hydrogens is 186 g/mol. The van der Waals surface area contributed by atoms with Gasteiger partial charge in [0.15, 0.2) is 0 Å². The number of benzene rings is 1. The van der Waals surface area contributed by atoms with Gasteiger partial charge in [-0.3, -0.25) is 10.3 Å². The minimum absolute atomic E-state index is 0.134. The van der Waals surface area contributed by atoms with Crippen LogP contribution in [0.2, 0.25) is 0 Å². The van der Waals surface area contributed by atoms with E-state index >= 15 is 0 Å². The fraction of sp³-hybridized carbons (Fsp3) is 0.385. The number of rotatable bonds is 6. The summed E-state index contributed by atoms with van der Waals surface area (Å²) in [5, 5.41) is 11.4. The summed E-state index contributed by atoms with van der Waals surface area (Å²) in [6.45, 7) is 5.84. The molecule has 2 heteroatoms. The van der Waals surface area contributed by atoms with Gasteiger partial charge in [-0.25, -0.2) is 0 Å². The molecule has 1 aromatic rings. The molecule has 2 nitrogen and oxygen atoms in total. The van der Waals surface area contributed by atoms with Crippen LogP contribution in [0.3, 0.4) is 0 Å². The molecule has 0 radical (unpaired) electrons. The Morgan fingerprint density at radius 1 is 1.40 bits per heavy atom. The van der Waals surface area contributed by atoms with E-state index in [1.165, 1.54) is 5.06 Å². The van der Waals surface area contributed by atoms with E-state index < -0.39 is 0 Å². The maximum absolute atomic E-state index is 10.0. The van der Waals surface area contributed by atoms with Gasteiger partial charge in [0, 0.05) is 0 Å². The van der Waals surface area contributed by atoms with Gasteiger partial charge in [0.1, 0.15) is 0 Å². The van der Waals surface area contributed by atoms with Crippen molar-refractivity contribution in [3.05, 3.63) is 43.0 Å². The highest BCUT2D eigenvalue weighted by Crippen LogP contribution is 2.18. The van der Waals surface area contributed by atoms with Gasteiger partial charge < -0.3 is 0 Å². The Hall–Kier alpha value is -1.28. The third-order valence-electron chi connectivity index (χ3n) is 2.43. The highest BCUT2D eigenvalue weighted by molar-refractivity contribution is 5.43. The molecular formula is C13H19NO. The van der Waals surface area contributed by atoms with E-state index in [1.807, 2.05) is 36.4 Å². The van der Waals surface area contributed by atoms with Crippen LogP contribution in [0.1, 0.15) is 26.2 Å². The molecule has 0 amide bonds. The Labute approximate surface area is 91.8 Å². The summed E-state index contributed by atoms with van der Waals surface area (Å²) in [4.78, 5) is 0. The van der Waals surface area contributed by atoms with E-state index in [9.17, 15) is 5.21 Å². The number of nitrogens with zero attached hydrogens (tertiary/aromatic N) is 1. The number of hydrogen-bond acceptors (Lipinski definition) is 2. The molecule has 0 fully saturated rings. The smallest absolute Gasteiger partial charge is 0.0637 e. The molecule has 0 aliphatic heterocycles. The maximum Gasteiger partial charge on any atom is 0.0637 e. The Morgan fingerprint density at radius 2 is 2.07 bits per heavy atom. The third-order valence-corrected chi connectivity index (χ3v) is 2.43. The third kappa shape index (κ3) is 3.40. The summed E-state index contributed by atoms with van der Waals surface area (Å²) in [7, 11) is 0. The van der Waals surface area contributed by atoms with E-state index in [0.29, 0.717) is 0 Å². The van der Waals surface area contributed by atoms with Crippen LogP contribution in [-0.2, 0) is 0 Å². The van der Waals surface area contributed by atoms with Crippen LogP contribution in [0.5, 0.6) is 0 Å². The SMILES string of the molecule is C=CCC(CCC)N(O)c1ccccc1. The molecule has 0 bridgehead atoms. The number of hydrogen-bond donors (Lipinski definition) is 1. The van der Waals surface area contributed by atoms with Crippen LogP contribution in [0.25, 0.3) is 0 Å². The first-order valence-electron chi connectivity index (χ1n) is 5.43. The molecule has 0 aliphatic carbocycles. The van der Waals surface area contributed by atoms with Gasteiger partial charge in [0.25, 0.3) is 0 Å². The second kappa shape index (κ2) is 6.25. The van der Waals surface area contributed by atoms with Gasteiger partial charge in [0.05, 0.1) is 11.7 Å². The van der Waals surface area contributed by atoms with Gasteiger partial charge >= 0.3 is 0 Å². The van der Waals surface area contributed by atoms with Crippen molar-refractivity contribution in [2.45, 2.75) is 32.2 Å². The lowest BCUT2D eigenvalue weighted by Gasteiger charge is -2.26. The molecule has 1 aromatic carbocycles. The van der Waals surface area contributed by atoms with Crippen LogP contribution in [0, 0.1) is 0 Å². The average molecular weight is 205 g/mol. The largest absolute Gasteiger partial charge is 0.288 e. The van der Waals surface area contributed by atoms with Crippen molar-refractivity contribution in [2.24, 2.45) is 0 Å². The van der Waals surface area contributed by atoms with Crippen LogP contribution in [0.15, 0.2) is 43.0 Å². The first-order chi connectivity index (χ1) is 7.29. The highest BCUT2D eigenvalue weighted by Gasteiger charge is 2.14. The molecule has 0 spiro atoms. The Kier molecular flexibility index (Phi) is 4.91. The van der Waals surface area contributed by atoms with Crippen molar-refractivity contribution in [3.63, 3.8) is 0 Å². The monoisotopic (exact) mass is 205 g/mol. The molecule has 0 heterocycles. The van der Waals surface area contributed by atoms with Crippen molar-refractivity contribution in [1.82, 2.24) is 0 Å². The summed E-state index contributed by atoms with van der Waals surface area (Å²) in [5.41, 5.74) is 0.845. The fourth-order valence-corrected chi connectivity index (χ4v) is 1.66. The number of anilines is 1. The second-order valence-electron chi connectivity index (χ2n) is 3.65. The summed E-state index contributed by atoms with van der Waals surface area (Å²) >= 11 is 0. The predicted octanol–water partition coefficient (Wildman–Crippen LogP) is 3.63. The first-order valence-corrected chi connectivity index (χ1v) is 5.43. The highest BCUT2D eigenvalue weighted by atomic mass is 16.5. The first kappa shape index (κ1) is 11.8. The predicted molar refractivity (Wildman–Crippen MR) is 64.2 cm³/mol. The summed E-state index contributed by atoms with van der Waals surface area (Å²) in [5.74, 6) is 0. The van der Waals surface area contributed by atoms with E-state index in [4.69, 9.17) is 0 Å². The van der Waals surface area contributed by atoms with E-state index in [1.54, 1.807) is 0 Å². The second-order valence-corrected chi connectivity index (χ2v) is 3.65. The van der Waals surface area contributed by atoms with Gasteiger partial charge in [-0.15, -0.1) is 6.58 Å². The average Bonchev–Trinajstić information content (AvgIpc) is 2.29. The topological polar surface area (TPSA) is 23.5 Å². The van der Waals surface area contributed by atoms with Crippen molar-refractivity contribution >= 4 is 5.69 Å². The van der Waals surface area contributed by atoms with Crippen LogP contribution in [0.4, 0.5) is 5.69 Å². The minimum Gasteiger partial charge on any atom is -0.288 e. The zero-order valence-corrected chi connectivity index (χ0v) is 9.26. The Morgan fingerprint density at radius 3 is 2.60 bits per heavy atom. The van der Waals surface area contributed by atoms with Crippen LogP contribution < -0.4 is 5.06 Å². The molecule has 0 aromatic heterocycles. The molecule has 0 aliphatic rings. The van der Waals surface area contributed by atoms with Crippen LogP contribution in [-0.4, -0.2) is 11.2 Å². The lowest BCUT2D eigenvalue weighted by Crippen LogP contribution is -2.31. The molecule has 1 unspecified atom stereocenters. The van der Waals surface area contributed by atoms with Gasteiger partial charge in [-0.2, -0.15) is 0 Å². The summed E-state index contributed by atoms with van der Waals surface area (Å²) in [6, 6.07) is 9.75. The standard InChI is InChI=1S/C13H19NO/c1-3-8-12(9-4-2)14(15)13-10-6-5-7-11-13/h3,5-7,10-12,15H,1,4,8-9H2,2H3. The lowest BCUT2D eigenvalue weighted by atomic mass is 10.1.